The second-order valence-corrected chi connectivity index (χ2v) is 8.06. The van der Waals surface area contributed by atoms with Gasteiger partial charge in [0.25, 0.3) is 0 Å². The number of fused-ring (bicyclic) bond motifs is 2. The summed E-state index contributed by atoms with van der Waals surface area (Å²) in [6.45, 7) is 3.76. The van der Waals surface area contributed by atoms with Crippen LogP contribution < -0.4 is 0 Å². The van der Waals surface area contributed by atoms with Crippen molar-refractivity contribution in [1.82, 2.24) is 0 Å². The fraction of sp³-hybridized carbons (Fsp3) is 0.625. The van der Waals surface area contributed by atoms with Crippen LogP contribution in [0, 0.1) is 5.92 Å². The molecule has 1 aromatic carbocycles. The molecule has 1 saturated carbocycles. The summed E-state index contributed by atoms with van der Waals surface area (Å²) in [5, 5.41) is 10.3. The highest BCUT2D eigenvalue weighted by Crippen LogP contribution is 2.45. The largest absolute Gasteiger partial charge is 0.387 e. The Balaban J connectivity index is 1.73. The first-order valence-electron chi connectivity index (χ1n) is 7.41. The molecule has 0 aromatic heterocycles. The molecule has 2 fully saturated rings. The molecular formula is C16H22O4S. The number of aliphatic hydroxyl groups is 1. The van der Waals surface area contributed by atoms with Crippen molar-refractivity contribution in [3.8, 4) is 0 Å². The molecule has 1 aromatic rings. The molecule has 4 nitrogen and oxygen atoms in total. The van der Waals surface area contributed by atoms with Crippen molar-refractivity contribution in [3.05, 3.63) is 30.3 Å². The van der Waals surface area contributed by atoms with Crippen LogP contribution in [0.2, 0.25) is 0 Å². The van der Waals surface area contributed by atoms with Crippen molar-refractivity contribution in [2.45, 2.75) is 55.3 Å². The van der Waals surface area contributed by atoms with Crippen LogP contribution in [0.4, 0.5) is 0 Å². The first kappa shape index (κ1) is 15.2. The zero-order valence-corrected chi connectivity index (χ0v) is 13.3. The maximum atomic E-state index is 12.5. The van der Waals surface area contributed by atoms with Crippen molar-refractivity contribution in [2.75, 3.05) is 5.75 Å². The van der Waals surface area contributed by atoms with E-state index in [1.54, 1.807) is 6.92 Å². The summed E-state index contributed by atoms with van der Waals surface area (Å²) >= 11 is 0. The fourth-order valence-electron chi connectivity index (χ4n) is 3.25. The van der Waals surface area contributed by atoms with Gasteiger partial charge in [0, 0.05) is 4.90 Å². The van der Waals surface area contributed by atoms with E-state index in [1.807, 2.05) is 37.3 Å². The molecule has 1 saturated heterocycles. The monoisotopic (exact) mass is 310 g/mol. The minimum Gasteiger partial charge on any atom is -0.387 e. The summed E-state index contributed by atoms with van der Waals surface area (Å²) < 4.78 is 12.5. The van der Waals surface area contributed by atoms with Gasteiger partial charge in [-0.15, -0.1) is 0 Å². The quantitative estimate of drug-likeness (QED) is 0.871. The minimum absolute atomic E-state index is 0.268. The number of hydrogen-bond donors (Lipinski definition) is 1. The molecule has 1 N–H and O–H groups in total. The predicted octanol–water partition coefficient (Wildman–Crippen LogP) is 2.43. The molecule has 0 amide bonds. The van der Waals surface area contributed by atoms with Gasteiger partial charge in [-0.3, -0.25) is 4.21 Å². The van der Waals surface area contributed by atoms with Crippen molar-refractivity contribution in [1.29, 1.82) is 0 Å². The van der Waals surface area contributed by atoms with Gasteiger partial charge in [-0.1, -0.05) is 18.2 Å². The second-order valence-electron chi connectivity index (χ2n) is 6.61. The van der Waals surface area contributed by atoms with E-state index in [0.29, 0.717) is 12.2 Å². The molecule has 3 rings (SSSR count). The van der Waals surface area contributed by atoms with Crippen LogP contribution >= 0.6 is 0 Å². The van der Waals surface area contributed by atoms with E-state index >= 15 is 0 Å². The minimum atomic E-state index is -1.12. The molecule has 5 atom stereocenters. The third-order valence-corrected chi connectivity index (χ3v) is 6.47. The Morgan fingerprint density at radius 1 is 1.33 bits per heavy atom. The van der Waals surface area contributed by atoms with Gasteiger partial charge >= 0.3 is 0 Å². The average Bonchev–Trinajstić information content (AvgIpc) is 2.46. The lowest BCUT2D eigenvalue weighted by Gasteiger charge is -2.50. The molecule has 116 valence electrons. The number of rotatable bonds is 3. The summed E-state index contributed by atoms with van der Waals surface area (Å²) in [5.41, 5.74) is -1.38. The van der Waals surface area contributed by atoms with Gasteiger partial charge in [0.15, 0.2) is 0 Å². The summed E-state index contributed by atoms with van der Waals surface area (Å²) in [7, 11) is -1.12. The zero-order chi connectivity index (χ0) is 15.1. The maximum absolute atomic E-state index is 12.5. The van der Waals surface area contributed by atoms with Gasteiger partial charge < -0.3 is 5.11 Å². The SMILES string of the molecule is C[C@@]1(O)CC[C@@H]2C[C@H]1OO[C@@]2(C)CS(=O)c1ccccc1. The first-order chi connectivity index (χ1) is 9.91. The molecule has 1 heterocycles. The first-order valence-corrected chi connectivity index (χ1v) is 8.73. The molecule has 1 unspecified atom stereocenters. The third kappa shape index (κ3) is 2.93. The van der Waals surface area contributed by atoms with E-state index in [-0.39, 0.29) is 12.0 Å². The Morgan fingerprint density at radius 2 is 2.05 bits per heavy atom. The Morgan fingerprint density at radius 3 is 2.76 bits per heavy atom. The van der Waals surface area contributed by atoms with Gasteiger partial charge in [-0.25, -0.2) is 9.78 Å². The van der Waals surface area contributed by atoms with Crippen molar-refractivity contribution in [2.24, 2.45) is 5.92 Å². The summed E-state index contributed by atoms with van der Waals surface area (Å²) in [6.07, 6.45) is 2.04. The van der Waals surface area contributed by atoms with Gasteiger partial charge in [0.2, 0.25) is 0 Å². The van der Waals surface area contributed by atoms with Crippen LogP contribution in [-0.2, 0) is 20.6 Å². The van der Waals surface area contributed by atoms with E-state index < -0.39 is 22.0 Å². The summed E-state index contributed by atoms with van der Waals surface area (Å²) in [5.74, 6) is 0.681. The van der Waals surface area contributed by atoms with Gasteiger partial charge in [-0.05, 0) is 51.2 Å². The molecule has 0 radical (unpaired) electrons. The molecule has 2 bridgehead atoms. The molecule has 1 aliphatic heterocycles. The third-order valence-electron chi connectivity index (χ3n) is 4.83. The van der Waals surface area contributed by atoms with E-state index in [9.17, 15) is 9.32 Å². The topological polar surface area (TPSA) is 55.8 Å². The van der Waals surface area contributed by atoms with Gasteiger partial charge in [0.05, 0.1) is 22.2 Å². The number of hydrogen-bond acceptors (Lipinski definition) is 4. The van der Waals surface area contributed by atoms with E-state index in [2.05, 4.69) is 0 Å². The summed E-state index contributed by atoms with van der Waals surface area (Å²) in [6, 6.07) is 9.44. The van der Waals surface area contributed by atoms with Crippen LogP contribution in [0.3, 0.4) is 0 Å². The van der Waals surface area contributed by atoms with Crippen molar-refractivity contribution >= 4 is 10.8 Å². The Hall–Kier alpha value is -0.750. The molecule has 1 aliphatic carbocycles. The highest BCUT2D eigenvalue weighted by atomic mass is 32.2. The van der Waals surface area contributed by atoms with Crippen LogP contribution in [0.25, 0.3) is 0 Å². The number of benzene rings is 1. The van der Waals surface area contributed by atoms with Crippen LogP contribution in [0.1, 0.15) is 33.1 Å². The zero-order valence-electron chi connectivity index (χ0n) is 12.5. The Kier molecular flexibility index (Phi) is 3.94. The smallest absolute Gasteiger partial charge is 0.122 e. The Labute approximate surface area is 127 Å². The molecule has 0 spiro atoms. The van der Waals surface area contributed by atoms with Crippen molar-refractivity contribution in [3.63, 3.8) is 0 Å². The van der Waals surface area contributed by atoms with Gasteiger partial charge in [0.1, 0.15) is 11.7 Å². The van der Waals surface area contributed by atoms with E-state index in [4.69, 9.17) is 9.78 Å². The molecular weight excluding hydrogens is 288 g/mol. The van der Waals surface area contributed by atoms with Crippen molar-refractivity contribution < 1.29 is 19.1 Å². The van der Waals surface area contributed by atoms with Crippen LogP contribution in [0.5, 0.6) is 0 Å². The summed E-state index contributed by atoms with van der Waals surface area (Å²) in [4.78, 5) is 11.9. The highest BCUT2D eigenvalue weighted by Gasteiger charge is 2.52. The van der Waals surface area contributed by atoms with E-state index in [0.717, 1.165) is 17.7 Å². The van der Waals surface area contributed by atoms with Crippen LogP contribution in [0.15, 0.2) is 35.2 Å². The highest BCUT2D eigenvalue weighted by molar-refractivity contribution is 7.85. The van der Waals surface area contributed by atoms with Crippen LogP contribution in [-0.4, -0.2) is 32.4 Å². The lowest BCUT2D eigenvalue weighted by molar-refractivity contribution is -0.441. The predicted molar refractivity (Wildman–Crippen MR) is 80.0 cm³/mol. The van der Waals surface area contributed by atoms with Gasteiger partial charge in [-0.2, -0.15) is 0 Å². The average molecular weight is 310 g/mol. The van der Waals surface area contributed by atoms with E-state index in [1.165, 1.54) is 0 Å². The molecule has 2 aliphatic rings. The molecule has 5 heteroatoms. The Bertz CT molecular complexity index is 530. The second kappa shape index (κ2) is 5.47. The molecule has 21 heavy (non-hydrogen) atoms. The standard InChI is InChI=1S/C16H22O4S/c1-15(17)9-8-12-10-14(15)19-20-16(12,2)11-21(18)13-6-4-3-5-7-13/h3-7,12,14,17H,8-11H2,1-2H3/t12-,14-,15-,16+,21?/m1/s1. The normalized spacial score (nSPS) is 40.7. The maximum Gasteiger partial charge on any atom is 0.122 e. The lowest BCUT2D eigenvalue weighted by Crippen LogP contribution is -2.58. The lowest BCUT2D eigenvalue weighted by atomic mass is 9.71. The fourth-order valence-corrected chi connectivity index (χ4v) is 4.68.